The van der Waals surface area contributed by atoms with Crippen LogP contribution in [0.2, 0.25) is 0 Å². The van der Waals surface area contributed by atoms with E-state index in [-0.39, 0.29) is 29.8 Å². The van der Waals surface area contributed by atoms with Crippen molar-refractivity contribution in [2.75, 3.05) is 18.8 Å². The van der Waals surface area contributed by atoms with Crippen LogP contribution in [0.25, 0.3) is 0 Å². The van der Waals surface area contributed by atoms with E-state index in [1.807, 2.05) is 13.8 Å². The van der Waals surface area contributed by atoms with Crippen molar-refractivity contribution in [2.24, 2.45) is 5.92 Å². The maximum atomic E-state index is 12.4. The molecule has 1 saturated heterocycles. The van der Waals surface area contributed by atoms with E-state index in [1.54, 1.807) is 0 Å². The molecule has 1 aliphatic heterocycles. The highest BCUT2D eigenvalue weighted by Crippen LogP contribution is 2.22. The number of carbonyl (C=O) groups excluding carboxylic acids is 1. The molecule has 2 rings (SSSR count). The Morgan fingerprint density at radius 1 is 1.46 bits per heavy atom. The lowest BCUT2D eigenvalue weighted by Gasteiger charge is -2.28. The number of hydrogen-bond acceptors (Lipinski definition) is 6. The summed E-state index contributed by atoms with van der Waals surface area (Å²) in [7, 11) is -3.36. The van der Waals surface area contributed by atoms with Crippen LogP contribution < -0.4 is 5.32 Å². The van der Waals surface area contributed by atoms with E-state index in [0.29, 0.717) is 24.4 Å². The molecule has 2 N–H and O–H groups in total. The van der Waals surface area contributed by atoms with Crippen molar-refractivity contribution in [3.8, 4) is 0 Å². The summed E-state index contributed by atoms with van der Waals surface area (Å²) in [5.74, 6) is -1.47. The first kappa shape index (κ1) is 18.8. The molecular formula is C14H21N3O5S2. The van der Waals surface area contributed by atoms with Gasteiger partial charge in [0.2, 0.25) is 15.9 Å². The Balaban J connectivity index is 1.94. The van der Waals surface area contributed by atoms with Gasteiger partial charge in [-0.15, -0.1) is 11.3 Å². The quantitative estimate of drug-likeness (QED) is 0.719. The van der Waals surface area contributed by atoms with Crippen molar-refractivity contribution >= 4 is 33.2 Å². The van der Waals surface area contributed by atoms with Crippen LogP contribution in [0, 0.1) is 5.92 Å². The SMILES string of the molecule is CC(C)C(C(=O)NCCc1nc(C(=O)O)cs1)N1CCCS1(=O)=O. The zero-order valence-corrected chi connectivity index (χ0v) is 15.2. The summed E-state index contributed by atoms with van der Waals surface area (Å²) in [4.78, 5) is 27.2. The molecule has 0 bridgehead atoms. The summed E-state index contributed by atoms with van der Waals surface area (Å²) in [6, 6.07) is -0.719. The van der Waals surface area contributed by atoms with Crippen molar-refractivity contribution in [2.45, 2.75) is 32.7 Å². The highest BCUT2D eigenvalue weighted by molar-refractivity contribution is 7.89. The molecule has 0 aliphatic carbocycles. The number of nitrogens with one attached hydrogen (secondary N) is 1. The topological polar surface area (TPSA) is 117 Å². The van der Waals surface area contributed by atoms with Crippen LogP contribution in [0.3, 0.4) is 0 Å². The Morgan fingerprint density at radius 2 is 2.17 bits per heavy atom. The van der Waals surface area contributed by atoms with Crippen molar-refractivity contribution in [3.63, 3.8) is 0 Å². The molecular weight excluding hydrogens is 354 g/mol. The van der Waals surface area contributed by atoms with E-state index in [4.69, 9.17) is 5.11 Å². The molecule has 1 atom stereocenters. The van der Waals surface area contributed by atoms with E-state index >= 15 is 0 Å². The van der Waals surface area contributed by atoms with Crippen LogP contribution in [-0.2, 0) is 21.2 Å². The normalized spacial score (nSPS) is 18.6. The van der Waals surface area contributed by atoms with E-state index in [0.717, 1.165) is 0 Å². The zero-order chi connectivity index (χ0) is 17.9. The van der Waals surface area contributed by atoms with Crippen LogP contribution in [0.15, 0.2) is 5.38 Å². The van der Waals surface area contributed by atoms with Gasteiger partial charge < -0.3 is 10.4 Å². The molecule has 1 fully saturated rings. The van der Waals surface area contributed by atoms with Crippen LogP contribution >= 0.6 is 11.3 Å². The second-order valence-electron chi connectivity index (χ2n) is 5.94. The van der Waals surface area contributed by atoms with Gasteiger partial charge in [0.25, 0.3) is 0 Å². The Morgan fingerprint density at radius 3 is 2.67 bits per heavy atom. The first-order chi connectivity index (χ1) is 11.2. The number of thiazole rings is 1. The molecule has 1 aromatic rings. The van der Waals surface area contributed by atoms with Crippen LogP contribution in [0.5, 0.6) is 0 Å². The third-order valence-electron chi connectivity index (χ3n) is 3.76. The van der Waals surface area contributed by atoms with Gasteiger partial charge in [-0.1, -0.05) is 13.8 Å². The first-order valence-electron chi connectivity index (χ1n) is 7.67. The second-order valence-corrected chi connectivity index (χ2v) is 8.93. The highest BCUT2D eigenvalue weighted by atomic mass is 32.2. The number of sulfonamides is 1. The molecule has 24 heavy (non-hydrogen) atoms. The Kier molecular flexibility index (Phi) is 5.94. The Hall–Kier alpha value is -1.52. The number of rotatable bonds is 7. The minimum atomic E-state index is -3.36. The number of amides is 1. The average molecular weight is 375 g/mol. The van der Waals surface area contributed by atoms with Crippen molar-refractivity contribution < 1.29 is 23.1 Å². The predicted molar refractivity (Wildman–Crippen MR) is 89.5 cm³/mol. The fraction of sp³-hybridized carbons (Fsp3) is 0.643. The Labute approximate surface area is 144 Å². The first-order valence-corrected chi connectivity index (χ1v) is 10.2. The lowest BCUT2D eigenvalue weighted by molar-refractivity contribution is -0.126. The van der Waals surface area contributed by atoms with Gasteiger partial charge in [-0.25, -0.2) is 18.2 Å². The molecule has 1 aromatic heterocycles. The lowest BCUT2D eigenvalue weighted by Crippen LogP contribution is -2.50. The molecule has 0 aromatic carbocycles. The smallest absolute Gasteiger partial charge is 0.355 e. The summed E-state index contributed by atoms with van der Waals surface area (Å²) in [6.07, 6.45) is 0.942. The molecule has 0 radical (unpaired) electrons. The third kappa shape index (κ3) is 4.31. The second kappa shape index (κ2) is 7.58. The number of carboxylic acids is 1. The summed E-state index contributed by atoms with van der Waals surface area (Å²) in [5.41, 5.74) is -0.00968. The van der Waals surface area contributed by atoms with Gasteiger partial charge in [-0.2, -0.15) is 4.31 Å². The van der Waals surface area contributed by atoms with Gasteiger partial charge >= 0.3 is 5.97 Å². The van der Waals surface area contributed by atoms with Crippen LogP contribution in [0.4, 0.5) is 0 Å². The third-order valence-corrected chi connectivity index (χ3v) is 6.59. The highest BCUT2D eigenvalue weighted by Gasteiger charge is 2.39. The van der Waals surface area contributed by atoms with Crippen LogP contribution in [0.1, 0.15) is 35.8 Å². The van der Waals surface area contributed by atoms with Gasteiger partial charge in [0, 0.05) is 24.9 Å². The molecule has 2 heterocycles. The van der Waals surface area contributed by atoms with Crippen molar-refractivity contribution in [3.05, 3.63) is 16.1 Å². The monoisotopic (exact) mass is 375 g/mol. The maximum Gasteiger partial charge on any atom is 0.355 e. The summed E-state index contributed by atoms with van der Waals surface area (Å²) >= 11 is 1.22. The average Bonchev–Trinajstić information content (AvgIpc) is 3.06. The van der Waals surface area contributed by atoms with Gasteiger partial charge in [0.05, 0.1) is 10.8 Å². The number of carbonyl (C=O) groups is 2. The standard InChI is InChI=1S/C14H21N3O5S2/c1-9(2)12(17-6-3-7-24(17,21)22)13(18)15-5-4-11-16-10(8-23-11)14(19)20/h8-9,12H,3-7H2,1-2H3,(H,15,18)(H,19,20). The lowest BCUT2D eigenvalue weighted by atomic mass is 10.0. The molecule has 1 aliphatic rings. The molecule has 1 amide bonds. The predicted octanol–water partition coefficient (Wildman–Crippen LogP) is 0.560. The number of aromatic carboxylic acids is 1. The number of carboxylic acid groups (broad SMARTS) is 1. The summed E-state index contributed by atoms with van der Waals surface area (Å²) < 4.78 is 25.4. The summed E-state index contributed by atoms with van der Waals surface area (Å²) in [5, 5.41) is 13.6. The number of nitrogens with zero attached hydrogens (tertiary/aromatic N) is 2. The number of hydrogen-bond donors (Lipinski definition) is 2. The fourth-order valence-corrected chi connectivity index (χ4v) is 5.25. The van der Waals surface area contributed by atoms with E-state index in [1.165, 1.54) is 21.0 Å². The van der Waals surface area contributed by atoms with Gasteiger partial charge in [-0.3, -0.25) is 4.79 Å². The van der Waals surface area contributed by atoms with Gasteiger partial charge in [-0.05, 0) is 12.3 Å². The number of aromatic nitrogens is 1. The molecule has 134 valence electrons. The van der Waals surface area contributed by atoms with Crippen LogP contribution in [-0.4, -0.2) is 59.6 Å². The molecule has 0 saturated carbocycles. The Bertz CT molecular complexity index is 714. The largest absolute Gasteiger partial charge is 0.476 e. The minimum Gasteiger partial charge on any atom is -0.476 e. The molecule has 1 unspecified atom stereocenters. The maximum absolute atomic E-state index is 12.4. The fourth-order valence-electron chi connectivity index (χ4n) is 2.66. The van der Waals surface area contributed by atoms with Gasteiger partial charge in [0.15, 0.2) is 5.69 Å². The zero-order valence-electron chi connectivity index (χ0n) is 13.6. The minimum absolute atomic E-state index is 0.00968. The van der Waals surface area contributed by atoms with E-state index in [2.05, 4.69) is 10.3 Å². The summed E-state index contributed by atoms with van der Waals surface area (Å²) in [6.45, 7) is 4.28. The molecule has 0 spiro atoms. The molecule has 10 heteroatoms. The van der Waals surface area contributed by atoms with E-state index in [9.17, 15) is 18.0 Å². The van der Waals surface area contributed by atoms with Gasteiger partial charge in [0.1, 0.15) is 6.04 Å². The molecule has 8 nitrogen and oxygen atoms in total. The van der Waals surface area contributed by atoms with Crippen molar-refractivity contribution in [1.82, 2.24) is 14.6 Å². The van der Waals surface area contributed by atoms with Crippen molar-refractivity contribution in [1.29, 1.82) is 0 Å². The van der Waals surface area contributed by atoms with E-state index < -0.39 is 22.0 Å².